The summed E-state index contributed by atoms with van der Waals surface area (Å²) >= 11 is 0. The van der Waals surface area contributed by atoms with Gasteiger partial charge in [-0.25, -0.2) is 0 Å². The van der Waals surface area contributed by atoms with Crippen LogP contribution in [0.3, 0.4) is 0 Å². The highest BCUT2D eigenvalue weighted by Crippen LogP contribution is 2.09. The van der Waals surface area contributed by atoms with Crippen molar-refractivity contribution in [3.05, 3.63) is 0 Å². The molecule has 1 atom stereocenters. The molecule has 0 bridgehead atoms. The van der Waals surface area contributed by atoms with Crippen LogP contribution in [0.25, 0.3) is 0 Å². The van der Waals surface area contributed by atoms with Crippen molar-refractivity contribution in [3.8, 4) is 0 Å². The number of unbranched alkanes of at least 4 members (excludes halogenated alkanes) is 7. The molecule has 0 aliphatic carbocycles. The first-order chi connectivity index (χ1) is 9.95. The number of hydrogen-bond donors (Lipinski definition) is 1. The highest BCUT2D eigenvalue weighted by atomic mass is 16.5. The number of aliphatic carboxylic acids is 1. The predicted octanol–water partition coefficient (Wildman–Crippen LogP) is 1.19. The third-order valence-corrected chi connectivity index (χ3v) is 4.44. The maximum Gasteiger partial charge on any atom is 0.137 e. The van der Waals surface area contributed by atoms with Crippen molar-refractivity contribution >= 4 is 5.97 Å². The van der Waals surface area contributed by atoms with Gasteiger partial charge in [-0.3, -0.25) is 0 Å². The summed E-state index contributed by atoms with van der Waals surface area (Å²) in [5.74, 6) is -1.00. The second-order valence-corrected chi connectivity index (χ2v) is 6.46. The molecule has 4 heteroatoms. The van der Waals surface area contributed by atoms with Crippen LogP contribution in [0, 0.1) is 0 Å². The van der Waals surface area contributed by atoms with Gasteiger partial charge in [0, 0.05) is 13.0 Å². The molecule has 0 aromatic carbocycles. The average Bonchev–Trinajstić information content (AvgIpc) is 2.44. The van der Waals surface area contributed by atoms with Crippen molar-refractivity contribution in [2.75, 3.05) is 27.3 Å². The van der Waals surface area contributed by atoms with Gasteiger partial charge < -0.3 is 19.5 Å². The average molecular weight is 301 g/mol. The largest absolute Gasteiger partial charge is 0.544 e. The first kappa shape index (κ1) is 20.4. The minimum Gasteiger partial charge on any atom is -0.544 e. The Bertz CT molecular complexity index is 269. The Kier molecular flexibility index (Phi) is 11.6. The van der Waals surface area contributed by atoms with Gasteiger partial charge in [0.25, 0.3) is 0 Å². The molecule has 0 fully saturated rings. The summed E-state index contributed by atoms with van der Waals surface area (Å²) in [7, 11) is 3.68. The molecule has 0 aliphatic heterocycles. The van der Waals surface area contributed by atoms with Gasteiger partial charge in [-0.15, -0.1) is 0 Å². The van der Waals surface area contributed by atoms with E-state index in [1.807, 2.05) is 14.1 Å². The van der Waals surface area contributed by atoms with E-state index in [0.717, 1.165) is 17.9 Å². The van der Waals surface area contributed by atoms with Gasteiger partial charge >= 0.3 is 0 Å². The van der Waals surface area contributed by atoms with Crippen molar-refractivity contribution in [1.82, 2.24) is 0 Å². The molecule has 0 rings (SSSR count). The second-order valence-electron chi connectivity index (χ2n) is 6.46. The molecule has 0 radical (unpaired) electrons. The maximum absolute atomic E-state index is 11.2. The fourth-order valence-electron chi connectivity index (χ4n) is 2.27. The number of rotatable bonds is 14. The number of hydrogen-bond acceptors (Lipinski definition) is 3. The molecule has 4 nitrogen and oxygen atoms in total. The first-order valence-electron chi connectivity index (χ1n) is 8.55. The van der Waals surface area contributed by atoms with Crippen molar-refractivity contribution in [1.29, 1.82) is 0 Å². The summed E-state index contributed by atoms with van der Waals surface area (Å²) in [6.45, 7) is 5.19. The molecule has 21 heavy (non-hydrogen) atoms. The number of nitrogens with one attached hydrogen (secondary N) is 1. The Hall–Kier alpha value is -0.610. The topological polar surface area (TPSA) is 53.8 Å². The van der Waals surface area contributed by atoms with Gasteiger partial charge in [0.2, 0.25) is 0 Å². The number of quaternary nitrogens is 1. The lowest BCUT2D eigenvalue weighted by Gasteiger charge is -2.33. The quantitative estimate of drug-likeness (QED) is 0.490. The molecule has 0 aromatic rings. The molecule has 0 amide bonds. The maximum atomic E-state index is 11.2. The standard InChI is InChI=1S/C17H35NO3/c1-5-6-7-8-9-10-11-12-14-21-15-13-17(2,16(19)20)18(3)4/h5-15H2,1-4H3,(H,19,20). The Morgan fingerprint density at radius 3 is 2.00 bits per heavy atom. The Labute approximate surface area is 130 Å². The third-order valence-electron chi connectivity index (χ3n) is 4.44. The van der Waals surface area contributed by atoms with E-state index in [2.05, 4.69) is 6.92 Å². The van der Waals surface area contributed by atoms with E-state index in [0.29, 0.717) is 13.0 Å². The molecular weight excluding hydrogens is 266 g/mol. The van der Waals surface area contributed by atoms with Crippen LogP contribution < -0.4 is 10.0 Å². The Morgan fingerprint density at radius 1 is 1.00 bits per heavy atom. The SMILES string of the molecule is CCCCCCCCCCOCCC(C)(C(=O)[O-])[NH+](C)C. The molecule has 0 saturated heterocycles. The Balaban J connectivity index is 3.49. The van der Waals surface area contributed by atoms with Crippen molar-refractivity contribution < 1.29 is 19.5 Å². The second kappa shape index (κ2) is 12.0. The van der Waals surface area contributed by atoms with Gasteiger partial charge in [-0.05, 0) is 13.3 Å². The van der Waals surface area contributed by atoms with E-state index >= 15 is 0 Å². The van der Waals surface area contributed by atoms with E-state index in [4.69, 9.17) is 4.74 Å². The molecule has 0 aromatic heterocycles. The van der Waals surface area contributed by atoms with Crippen LogP contribution in [0.1, 0.15) is 71.6 Å². The first-order valence-corrected chi connectivity index (χ1v) is 8.55. The number of likely N-dealkylation sites (N-methyl/N-ethyl adjacent to an activating group) is 1. The van der Waals surface area contributed by atoms with Crippen LogP contribution in [0.4, 0.5) is 0 Å². The molecule has 1 unspecified atom stereocenters. The van der Waals surface area contributed by atoms with E-state index in [9.17, 15) is 9.90 Å². The zero-order valence-corrected chi connectivity index (χ0v) is 14.5. The smallest absolute Gasteiger partial charge is 0.137 e. The predicted molar refractivity (Wildman–Crippen MR) is 84.3 cm³/mol. The fraction of sp³-hybridized carbons (Fsp3) is 0.941. The van der Waals surface area contributed by atoms with Crippen LogP contribution >= 0.6 is 0 Å². The molecule has 0 saturated carbocycles. The van der Waals surface area contributed by atoms with Crippen LogP contribution in [-0.2, 0) is 9.53 Å². The number of ether oxygens (including phenoxy) is 1. The van der Waals surface area contributed by atoms with Crippen molar-refractivity contribution in [2.45, 2.75) is 77.2 Å². The summed E-state index contributed by atoms with van der Waals surface area (Å²) in [6.07, 6.45) is 10.8. The molecule has 126 valence electrons. The lowest BCUT2D eigenvalue weighted by atomic mass is 9.97. The molecule has 0 aliphatic rings. The van der Waals surface area contributed by atoms with Crippen molar-refractivity contribution in [2.24, 2.45) is 0 Å². The van der Waals surface area contributed by atoms with E-state index < -0.39 is 11.5 Å². The van der Waals surface area contributed by atoms with Gasteiger partial charge in [0.1, 0.15) is 11.5 Å². The minimum absolute atomic E-state index is 0.492. The normalized spacial score (nSPS) is 14.3. The van der Waals surface area contributed by atoms with Gasteiger partial charge in [-0.1, -0.05) is 51.9 Å². The number of carboxylic acids is 1. The Morgan fingerprint density at radius 2 is 1.52 bits per heavy atom. The van der Waals surface area contributed by atoms with Crippen molar-refractivity contribution in [3.63, 3.8) is 0 Å². The number of carboxylic acid groups (broad SMARTS) is 1. The molecule has 0 heterocycles. The van der Waals surface area contributed by atoms with Crippen LogP contribution in [-0.4, -0.2) is 38.8 Å². The highest BCUT2D eigenvalue weighted by molar-refractivity contribution is 5.74. The van der Waals surface area contributed by atoms with E-state index in [1.54, 1.807) is 6.92 Å². The van der Waals surface area contributed by atoms with Gasteiger partial charge in [0.05, 0.1) is 20.7 Å². The molecule has 1 N–H and O–H groups in total. The summed E-state index contributed by atoms with van der Waals surface area (Å²) < 4.78 is 5.57. The van der Waals surface area contributed by atoms with Crippen LogP contribution in [0.2, 0.25) is 0 Å². The third kappa shape index (κ3) is 9.10. The zero-order chi connectivity index (χ0) is 16.1. The van der Waals surface area contributed by atoms with Gasteiger partial charge in [0.15, 0.2) is 0 Å². The lowest BCUT2D eigenvalue weighted by molar-refractivity contribution is -0.905. The summed E-state index contributed by atoms with van der Waals surface area (Å²) in [5.41, 5.74) is -0.862. The summed E-state index contributed by atoms with van der Waals surface area (Å²) in [5, 5.41) is 11.2. The summed E-state index contributed by atoms with van der Waals surface area (Å²) in [6, 6.07) is 0. The minimum atomic E-state index is -1.00. The van der Waals surface area contributed by atoms with E-state index in [-0.39, 0.29) is 0 Å². The van der Waals surface area contributed by atoms with Crippen LogP contribution in [0.15, 0.2) is 0 Å². The number of carbonyl (C=O) groups excluding carboxylic acids is 1. The van der Waals surface area contributed by atoms with Gasteiger partial charge in [-0.2, -0.15) is 0 Å². The lowest BCUT2D eigenvalue weighted by Crippen LogP contribution is -3.16. The van der Waals surface area contributed by atoms with Crippen LogP contribution in [0.5, 0.6) is 0 Å². The zero-order valence-electron chi connectivity index (χ0n) is 14.5. The summed E-state index contributed by atoms with van der Waals surface area (Å²) in [4.78, 5) is 12.1. The fourth-order valence-corrected chi connectivity index (χ4v) is 2.27. The number of carbonyl (C=O) groups is 1. The van der Waals surface area contributed by atoms with E-state index in [1.165, 1.54) is 44.9 Å². The molecular formula is C17H35NO3. The molecule has 0 spiro atoms. The monoisotopic (exact) mass is 301 g/mol. The highest BCUT2D eigenvalue weighted by Gasteiger charge is 2.32.